The van der Waals surface area contributed by atoms with Crippen LogP contribution < -0.4 is 14.8 Å². The van der Waals surface area contributed by atoms with Crippen molar-refractivity contribution in [3.05, 3.63) is 59.9 Å². The Morgan fingerprint density at radius 3 is 2.19 bits per heavy atom. The lowest BCUT2D eigenvalue weighted by Crippen LogP contribution is -2.31. The highest BCUT2D eigenvalue weighted by Crippen LogP contribution is 2.17. The highest BCUT2D eigenvalue weighted by molar-refractivity contribution is 7.89. The molecule has 0 spiro atoms. The number of rotatable bonds is 8. The topological polar surface area (TPSA) is 84.5 Å². The zero-order chi connectivity index (χ0) is 20.0. The zero-order valence-corrected chi connectivity index (χ0v) is 16.2. The van der Waals surface area contributed by atoms with Gasteiger partial charge in [-0.05, 0) is 62.7 Å². The van der Waals surface area contributed by atoms with Gasteiger partial charge in [-0.3, -0.25) is 4.79 Å². The summed E-state index contributed by atoms with van der Waals surface area (Å²) in [5.74, 6) is -0.303. The van der Waals surface area contributed by atoms with Gasteiger partial charge in [0, 0.05) is 6.04 Å². The van der Waals surface area contributed by atoms with E-state index in [1.165, 1.54) is 36.4 Å². The maximum atomic E-state index is 12.9. The third-order valence-corrected chi connectivity index (χ3v) is 5.32. The van der Waals surface area contributed by atoms with E-state index in [1.807, 2.05) is 0 Å². The number of carbonyl (C=O) groups is 1. The molecule has 0 radical (unpaired) electrons. The van der Waals surface area contributed by atoms with Crippen molar-refractivity contribution >= 4 is 15.9 Å². The Balaban J connectivity index is 1.89. The first-order valence-corrected chi connectivity index (χ1v) is 9.96. The largest absolute Gasteiger partial charge is 0.484 e. The predicted molar refractivity (Wildman–Crippen MR) is 100 cm³/mol. The van der Waals surface area contributed by atoms with E-state index in [2.05, 4.69) is 10.0 Å². The number of carbonyl (C=O) groups excluding carboxylic acids is 1. The third-order valence-electron chi connectivity index (χ3n) is 3.64. The van der Waals surface area contributed by atoms with Crippen LogP contribution in [0.25, 0.3) is 0 Å². The van der Waals surface area contributed by atoms with Crippen molar-refractivity contribution in [3.63, 3.8) is 0 Å². The second-order valence-corrected chi connectivity index (χ2v) is 8.09. The highest BCUT2D eigenvalue weighted by Gasteiger charge is 2.15. The molecule has 1 atom stereocenters. The first kappa shape index (κ1) is 20.9. The number of ether oxygens (including phenoxy) is 1. The molecule has 0 aliphatic heterocycles. The van der Waals surface area contributed by atoms with Crippen LogP contribution in [0.2, 0.25) is 0 Å². The first-order chi connectivity index (χ1) is 12.7. The molecule has 6 nitrogen and oxygen atoms in total. The van der Waals surface area contributed by atoms with Crippen molar-refractivity contribution < 1.29 is 22.3 Å². The molecule has 0 aliphatic rings. The third kappa shape index (κ3) is 6.33. The second-order valence-electron chi connectivity index (χ2n) is 6.38. The molecule has 8 heteroatoms. The molecule has 0 heterocycles. The van der Waals surface area contributed by atoms with Crippen LogP contribution in [0.3, 0.4) is 0 Å². The summed E-state index contributed by atoms with van der Waals surface area (Å²) in [5, 5.41) is 2.75. The van der Waals surface area contributed by atoms with Crippen LogP contribution in [0.15, 0.2) is 53.4 Å². The van der Waals surface area contributed by atoms with Crippen LogP contribution in [0.5, 0.6) is 5.75 Å². The van der Waals surface area contributed by atoms with Crippen LogP contribution in [0.4, 0.5) is 4.39 Å². The van der Waals surface area contributed by atoms with E-state index in [9.17, 15) is 17.6 Å². The van der Waals surface area contributed by atoms with Gasteiger partial charge in [0.15, 0.2) is 6.61 Å². The van der Waals surface area contributed by atoms with Gasteiger partial charge in [-0.25, -0.2) is 17.5 Å². The van der Waals surface area contributed by atoms with Crippen molar-refractivity contribution in [2.45, 2.75) is 37.8 Å². The van der Waals surface area contributed by atoms with Gasteiger partial charge in [-0.2, -0.15) is 0 Å². The van der Waals surface area contributed by atoms with Crippen molar-refractivity contribution in [1.82, 2.24) is 10.0 Å². The minimum absolute atomic E-state index is 0.123. The Morgan fingerprint density at radius 2 is 1.63 bits per heavy atom. The zero-order valence-electron chi connectivity index (χ0n) is 15.4. The summed E-state index contributed by atoms with van der Waals surface area (Å²) in [6.45, 7) is 5.04. The molecule has 2 aromatic carbocycles. The summed E-state index contributed by atoms with van der Waals surface area (Å²) in [6, 6.07) is 11.2. The Bertz CT molecular complexity index is 866. The van der Waals surface area contributed by atoms with Crippen molar-refractivity contribution in [2.75, 3.05) is 6.61 Å². The molecule has 0 saturated heterocycles. The monoisotopic (exact) mass is 394 g/mol. The van der Waals surface area contributed by atoms with Gasteiger partial charge >= 0.3 is 0 Å². The first-order valence-electron chi connectivity index (χ1n) is 8.47. The molecule has 2 rings (SSSR count). The SMILES string of the molecule is CC(C)NS(=O)(=O)c1ccc(OCC(=O)NC(C)c2ccc(F)cc2)cc1. The average molecular weight is 394 g/mol. The summed E-state index contributed by atoms with van der Waals surface area (Å²) in [4.78, 5) is 12.1. The maximum absolute atomic E-state index is 12.9. The molecule has 2 aromatic rings. The van der Waals surface area contributed by atoms with E-state index in [4.69, 9.17) is 4.74 Å². The molecule has 1 unspecified atom stereocenters. The van der Waals surface area contributed by atoms with Gasteiger partial charge in [0.1, 0.15) is 11.6 Å². The van der Waals surface area contributed by atoms with E-state index >= 15 is 0 Å². The minimum Gasteiger partial charge on any atom is -0.484 e. The molecule has 1 amide bonds. The van der Waals surface area contributed by atoms with Crippen molar-refractivity contribution in [1.29, 1.82) is 0 Å². The lowest BCUT2D eigenvalue weighted by molar-refractivity contribution is -0.123. The second kappa shape index (κ2) is 8.96. The fourth-order valence-corrected chi connectivity index (χ4v) is 3.61. The van der Waals surface area contributed by atoms with E-state index in [0.717, 1.165) is 5.56 Å². The van der Waals surface area contributed by atoms with E-state index in [0.29, 0.717) is 5.75 Å². The van der Waals surface area contributed by atoms with Gasteiger partial charge in [0.25, 0.3) is 5.91 Å². The van der Waals surface area contributed by atoms with Crippen LogP contribution in [-0.2, 0) is 14.8 Å². The average Bonchev–Trinajstić information content (AvgIpc) is 2.60. The summed E-state index contributed by atoms with van der Waals surface area (Å²) in [5.41, 5.74) is 0.775. The fourth-order valence-electron chi connectivity index (χ4n) is 2.36. The van der Waals surface area contributed by atoms with Crippen molar-refractivity contribution in [2.24, 2.45) is 0 Å². The molecule has 0 fully saturated rings. The van der Waals surface area contributed by atoms with Gasteiger partial charge in [-0.1, -0.05) is 12.1 Å². The Kier molecular flexibility index (Phi) is 6.92. The van der Waals surface area contributed by atoms with Gasteiger partial charge < -0.3 is 10.1 Å². The number of hydrogen-bond acceptors (Lipinski definition) is 4. The summed E-state index contributed by atoms with van der Waals surface area (Å²) in [6.07, 6.45) is 0. The molecule has 2 N–H and O–H groups in total. The Hall–Kier alpha value is -2.45. The number of benzene rings is 2. The smallest absolute Gasteiger partial charge is 0.258 e. The molecular formula is C19H23FN2O4S. The standard InChI is InChI=1S/C19H23FN2O4S/c1-13(2)22-27(24,25)18-10-8-17(9-11-18)26-12-19(23)21-14(3)15-4-6-16(20)7-5-15/h4-11,13-14,22H,12H2,1-3H3,(H,21,23). The number of halogens is 1. The van der Waals surface area contributed by atoms with Crippen LogP contribution in [0, 0.1) is 5.82 Å². The van der Waals surface area contributed by atoms with E-state index in [1.54, 1.807) is 32.9 Å². The molecule has 27 heavy (non-hydrogen) atoms. The lowest BCUT2D eigenvalue weighted by atomic mass is 10.1. The number of amides is 1. The molecule has 0 aromatic heterocycles. The maximum Gasteiger partial charge on any atom is 0.258 e. The van der Waals surface area contributed by atoms with Crippen LogP contribution in [-0.4, -0.2) is 27.0 Å². The van der Waals surface area contributed by atoms with E-state index < -0.39 is 10.0 Å². The molecule has 0 saturated carbocycles. The molecule has 0 aliphatic carbocycles. The lowest BCUT2D eigenvalue weighted by Gasteiger charge is -2.15. The van der Waals surface area contributed by atoms with E-state index in [-0.39, 0.29) is 35.3 Å². The quantitative estimate of drug-likeness (QED) is 0.721. The summed E-state index contributed by atoms with van der Waals surface area (Å²) < 4.78 is 44.9. The van der Waals surface area contributed by atoms with Crippen molar-refractivity contribution in [3.8, 4) is 5.75 Å². The Labute approximate surface area is 158 Å². The highest BCUT2D eigenvalue weighted by atomic mass is 32.2. The van der Waals surface area contributed by atoms with Crippen LogP contribution in [0.1, 0.15) is 32.4 Å². The number of hydrogen-bond donors (Lipinski definition) is 2. The Morgan fingerprint density at radius 1 is 1.04 bits per heavy atom. The minimum atomic E-state index is -3.57. The van der Waals surface area contributed by atoms with Crippen LogP contribution >= 0.6 is 0 Å². The van der Waals surface area contributed by atoms with Gasteiger partial charge in [0.05, 0.1) is 10.9 Å². The number of nitrogens with one attached hydrogen (secondary N) is 2. The number of sulfonamides is 1. The van der Waals surface area contributed by atoms with Gasteiger partial charge in [-0.15, -0.1) is 0 Å². The molecule has 0 bridgehead atoms. The van der Waals surface area contributed by atoms with Gasteiger partial charge in [0.2, 0.25) is 10.0 Å². The summed E-state index contributed by atoms with van der Waals surface area (Å²) in [7, 11) is -3.57. The predicted octanol–water partition coefficient (Wildman–Crippen LogP) is 2.77. The normalized spacial score (nSPS) is 12.6. The summed E-state index contributed by atoms with van der Waals surface area (Å²) >= 11 is 0. The molecule has 146 valence electrons. The molecular weight excluding hydrogens is 371 g/mol. The fraction of sp³-hybridized carbons (Fsp3) is 0.316.